The molecule has 2 nitrogen and oxygen atoms in total. The fourth-order valence-corrected chi connectivity index (χ4v) is 2.80. The number of nitrogens with zero attached hydrogens (tertiary/aromatic N) is 1. The van der Waals surface area contributed by atoms with Crippen LogP contribution in [0, 0.1) is 0 Å². The predicted octanol–water partition coefficient (Wildman–Crippen LogP) is 3.09. The molecule has 1 aromatic rings. The second kappa shape index (κ2) is 6.39. The van der Waals surface area contributed by atoms with Gasteiger partial charge in [-0.2, -0.15) is 0 Å². The van der Waals surface area contributed by atoms with Gasteiger partial charge in [0.2, 0.25) is 0 Å². The first-order chi connectivity index (χ1) is 8.31. The first-order valence-corrected chi connectivity index (χ1v) is 6.83. The molecule has 1 aromatic carbocycles. The Bertz CT molecular complexity index is 348. The highest BCUT2D eigenvalue weighted by Crippen LogP contribution is 2.25. The predicted molar refractivity (Wildman–Crippen MR) is 73.5 cm³/mol. The van der Waals surface area contributed by atoms with Gasteiger partial charge < -0.3 is 10.2 Å². The first kappa shape index (κ1) is 12.9. The fourth-order valence-electron chi connectivity index (χ4n) is 2.53. The van der Waals surface area contributed by atoms with E-state index in [0.717, 1.165) is 18.0 Å². The standard InChI is InChI=1S/C14H21ClN2/c1-16-14(8-11-17-9-4-5-10-17)12-6-2-3-7-13(12)15/h2-3,6-7,14,16H,4-5,8-11H2,1H3/t14-/m0/s1. The molecule has 0 radical (unpaired) electrons. The molecule has 17 heavy (non-hydrogen) atoms. The summed E-state index contributed by atoms with van der Waals surface area (Å²) in [6, 6.07) is 8.50. The van der Waals surface area contributed by atoms with Crippen LogP contribution in [-0.4, -0.2) is 31.6 Å². The summed E-state index contributed by atoms with van der Waals surface area (Å²) in [4.78, 5) is 2.54. The summed E-state index contributed by atoms with van der Waals surface area (Å²) in [7, 11) is 2.01. The third-order valence-corrected chi connectivity index (χ3v) is 3.91. The summed E-state index contributed by atoms with van der Waals surface area (Å²) in [5.74, 6) is 0. The van der Waals surface area contributed by atoms with Gasteiger partial charge in [-0.15, -0.1) is 0 Å². The van der Waals surface area contributed by atoms with Gasteiger partial charge in [-0.3, -0.25) is 0 Å². The van der Waals surface area contributed by atoms with Crippen molar-refractivity contribution < 1.29 is 0 Å². The van der Waals surface area contributed by atoms with Gasteiger partial charge in [0.1, 0.15) is 0 Å². The Hall–Kier alpha value is -0.570. The zero-order chi connectivity index (χ0) is 12.1. The molecular formula is C14H21ClN2. The lowest BCUT2D eigenvalue weighted by atomic mass is 10.0. The van der Waals surface area contributed by atoms with Gasteiger partial charge in [-0.1, -0.05) is 29.8 Å². The molecule has 0 spiro atoms. The Kier molecular flexibility index (Phi) is 4.84. The van der Waals surface area contributed by atoms with Gasteiger partial charge in [0.25, 0.3) is 0 Å². The lowest BCUT2D eigenvalue weighted by Crippen LogP contribution is -2.26. The largest absolute Gasteiger partial charge is 0.313 e. The highest BCUT2D eigenvalue weighted by Gasteiger charge is 2.16. The van der Waals surface area contributed by atoms with E-state index in [9.17, 15) is 0 Å². The minimum Gasteiger partial charge on any atom is -0.313 e. The van der Waals surface area contributed by atoms with Crippen LogP contribution in [0.2, 0.25) is 5.02 Å². The van der Waals surface area contributed by atoms with Gasteiger partial charge in [0, 0.05) is 11.1 Å². The van der Waals surface area contributed by atoms with Gasteiger partial charge in [0.15, 0.2) is 0 Å². The zero-order valence-electron chi connectivity index (χ0n) is 10.5. The topological polar surface area (TPSA) is 15.3 Å². The third-order valence-electron chi connectivity index (χ3n) is 3.56. The smallest absolute Gasteiger partial charge is 0.0453 e. The van der Waals surface area contributed by atoms with Crippen LogP contribution in [0.3, 0.4) is 0 Å². The van der Waals surface area contributed by atoms with Crippen molar-refractivity contribution in [1.82, 2.24) is 10.2 Å². The minimum atomic E-state index is 0.365. The Labute approximate surface area is 109 Å². The fraction of sp³-hybridized carbons (Fsp3) is 0.571. The average molecular weight is 253 g/mol. The normalized spacial score (nSPS) is 18.5. The van der Waals surface area contributed by atoms with Crippen LogP contribution in [0.1, 0.15) is 30.9 Å². The van der Waals surface area contributed by atoms with E-state index in [0.29, 0.717) is 6.04 Å². The number of nitrogens with one attached hydrogen (secondary N) is 1. The van der Waals surface area contributed by atoms with Crippen LogP contribution in [0.25, 0.3) is 0 Å². The number of halogens is 1. The van der Waals surface area contributed by atoms with Gasteiger partial charge >= 0.3 is 0 Å². The minimum absolute atomic E-state index is 0.365. The Morgan fingerprint density at radius 1 is 1.29 bits per heavy atom. The molecule has 1 heterocycles. The van der Waals surface area contributed by atoms with Crippen molar-refractivity contribution in [2.75, 3.05) is 26.7 Å². The Morgan fingerprint density at radius 2 is 2.00 bits per heavy atom. The summed E-state index contributed by atoms with van der Waals surface area (Å²) < 4.78 is 0. The van der Waals surface area contributed by atoms with E-state index < -0.39 is 0 Å². The number of rotatable bonds is 5. The zero-order valence-corrected chi connectivity index (χ0v) is 11.2. The van der Waals surface area contributed by atoms with Crippen molar-refractivity contribution in [1.29, 1.82) is 0 Å². The van der Waals surface area contributed by atoms with Crippen LogP contribution < -0.4 is 5.32 Å². The van der Waals surface area contributed by atoms with Crippen LogP contribution in [-0.2, 0) is 0 Å². The molecule has 1 N–H and O–H groups in total. The van der Waals surface area contributed by atoms with Crippen molar-refractivity contribution in [2.45, 2.75) is 25.3 Å². The van der Waals surface area contributed by atoms with Crippen molar-refractivity contribution >= 4 is 11.6 Å². The van der Waals surface area contributed by atoms with E-state index in [4.69, 9.17) is 11.6 Å². The summed E-state index contributed by atoms with van der Waals surface area (Å²) >= 11 is 6.24. The second-order valence-corrected chi connectivity index (χ2v) is 5.11. The molecule has 94 valence electrons. The van der Waals surface area contributed by atoms with E-state index in [2.05, 4.69) is 22.3 Å². The maximum Gasteiger partial charge on any atom is 0.0453 e. The molecule has 1 saturated heterocycles. The lowest BCUT2D eigenvalue weighted by molar-refractivity contribution is 0.314. The SMILES string of the molecule is CN[C@@H](CCN1CCCC1)c1ccccc1Cl. The van der Waals surface area contributed by atoms with Gasteiger partial charge in [-0.05, 0) is 57.6 Å². The molecule has 3 heteroatoms. The molecule has 1 atom stereocenters. The van der Waals surface area contributed by atoms with Crippen LogP contribution in [0.4, 0.5) is 0 Å². The molecule has 0 saturated carbocycles. The number of hydrogen-bond donors (Lipinski definition) is 1. The molecule has 0 bridgehead atoms. The summed E-state index contributed by atoms with van der Waals surface area (Å²) in [6.45, 7) is 3.69. The van der Waals surface area contributed by atoms with Crippen LogP contribution in [0.5, 0.6) is 0 Å². The molecule has 0 amide bonds. The molecular weight excluding hydrogens is 232 g/mol. The van der Waals surface area contributed by atoms with E-state index >= 15 is 0 Å². The first-order valence-electron chi connectivity index (χ1n) is 6.45. The van der Waals surface area contributed by atoms with Crippen LogP contribution >= 0.6 is 11.6 Å². The van der Waals surface area contributed by atoms with Crippen molar-refractivity contribution in [3.05, 3.63) is 34.9 Å². The van der Waals surface area contributed by atoms with E-state index in [-0.39, 0.29) is 0 Å². The maximum absolute atomic E-state index is 6.24. The molecule has 1 fully saturated rings. The van der Waals surface area contributed by atoms with Crippen molar-refractivity contribution in [2.24, 2.45) is 0 Å². The van der Waals surface area contributed by atoms with Gasteiger partial charge in [0.05, 0.1) is 0 Å². The maximum atomic E-state index is 6.24. The van der Waals surface area contributed by atoms with Crippen molar-refractivity contribution in [3.8, 4) is 0 Å². The second-order valence-electron chi connectivity index (χ2n) is 4.70. The highest BCUT2D eigenvalue weighted by molar-refractivity contribution is 6.31. The van der Waals surface area contributed by atoms with E-state index in [1.165, 1.54) is 31.5 Å². The highest BCUT2D eigenvalue weighted by atomic mass is 35.5. The molecule has 0 aromatic heterocycles. The third kappa shape index (κ3) is 3.44. The quantitative estimate of drug-likeness (QED) is 0.867. The van der Waals surface area contributed by atoms with E-state index in [1.54, 1.807) is 0 Å². The van der Waals surface area contributed by atoms with Crippen molar-refractivity contribution in [3.63, 3.8) is 0 Å². The Morgan fingerprint density at radius 3 is 2.65 bits per heavy atom. The molecule has 1 aliphatic rings. The summed E-state index contributed by atoms with van der Waals surface area (Å²) in [6.07, 6.45) is 3.84. The van der Waals surface area contributed by atoms with E-state index in [1.807, 2.05) is 19.2 Å². The number of benzene rings is 1. The monoisotopic (exact) mass is 252 g/mol. The molecule has 2 rings (SSSR count). The summed E-state index contributed by atoms with van der Waals surface area (Å²) in [5, 5.41) is 4.24. The number of likely N-dealkylation sites (tertiary alicyclic amines) is 1. The lowest BCUT2D eigenvalue weighted by Gasteiger charge is -2.21. The average Bonchev–Trinajstić information content (AvgIpc) is 2.85. The molecule has 0 aliphatic carbocycles. The molecule has 1 aliphatic heterocycles. The Balaban J connectivity index is 1.94. The van der Waals surface area contributed by atoms with Crippen LogP contribution in [0.15, 0.2) is 24.3 Å². The molecule has 0 unspecified atom stereocenters. The summed E-state index contributed by atoms with van der Waals surface area (Å²) in [5.41, 5.74) is 1.22. The van der Waals surface area contributed by atoms with Gasteiger partial charge in [-0.25, -0.2) is 0 Å². The number of hydrogen-bond acceptors (Lipinski definition) is 2.